The van der Waals surface area contributed by atoms with Crippen LogP contribution < -0.4 is 20.8 Å². The number of hydrogen-bond donors (Lipinski definition) is 2. The minimum atomic E-state index is -4.45. The summed E-state index contributed by atoms with van der Waals surface area (Å²) in [7, 11) is -1.60. The molecule has 0 spiro atoms. The van der Waals surface area contributed by atoms with Crippen molar-refractivity contribution in [2.24, 2.45) is 12.8 Å². The van der Waals surface area contributed by atoms with Crippen LogP contribution in [0.25, 0.3) is 11.1 Å². The van der Waals surface area contributed by atoms with Crippen LogP contribution in [0.15, 0.2) is 46.2 Å². The molecular weight excluding hydrogens is 474 g/mol. The van der Waals surface area contributed by atoms with Crippen LogP contribution >= 0.6 is 0 Å². The average Bonchev–Trinajstić information content (AvgIpc) is 2.83. The molecule has 0 aliphatic carbocycles. The molecule has 11 nitrogen and oxygen atoms in total. The highest BCUT2D eigenvalue weighted by Gasteiger charge is 2.36. The largest absolute Gasteiger partial charge is 0.495 e. The number of sulfonamides is 1. The molecule has 190 valence electrons. The standard InChI is InChI=1S/C23H31N5O6S/c1-15(2)27-11-13-28(14-12-27)23(31)19(21(24)29)25-35(32,33)18-9-5-7-16(20(18)34-4)17-8-6-10-26(3)22(17)30/h5-10,15,19,25H,11-14H2,1-4H3,(H2,24,29)/t19-/m0/s1. The Balaban J connectivity index is 1.93. The summed E-state index contributed by atoms with van der Waals surface area (Å²) in [5.74, 6) is -1.92. The molecule has 1 atom stereocenters. The predicted octanol–water partition coefficient (Wildman–Crippen LogP) is -0.254. The Kier molecular flexibility index (Phi) is 7.98. The van der Waals surface area contributed by atoms with Gasteiger partial charge in [-0.2, -0.15) is 4.72 Å². The highest BCUT2D eigenvalue weighted by Crippen LogP contribution is 2.34. The van der Waals surface area contributed by atoms with E-state index in [-0.39, 0.29) is 27.3 Å². The lowest BCUT2D eigenvalue weighted by atomic mass is 10.1. The molecule has 0 unspecified atom stereocenters. The highest BCUT2D eigenvalue weighted by molar-refractivity contribution is 7.89. The van der Waals surface area contributed by atoms with Crippen molar-refractivity contribution in [3.8, 4) is 16.9 Å². The monoisotopic (exact) mass is 505 g/mol. The Hall–Kier alpha value is -3.22. The number of nitrogens with two attached hydrogens (primary N) is 1. The van der Waals surface area contributed by atoms with Gasteiger partial charge in [0.15, 0.2) is 6.04 Å². The van der Waals surface area contributed by atoms with Crippen molar-refractivity contribution in [3.63, 3.8) is 0 Å². The first-order chi connectivity index (χ1) is 16.5. The molecule has 1 aromatic carbocycles. The molecule has 1 saturated heterocycles. The Morgan fingerprint density at radius 2 is 1.69 bits per heavy atom. The number of nitrogens with one attached hydrogen (secondary N) is 1. The first-order valence-corrected chi connectivity index (χ1v) is 12.6. The second kappa shape index (κ2) is 10.6. The number of carbonyl (C=O) groups is 2. The Bertz CT molecular complexity index is 1270. The van der Waals surface area contributed by atoms with Crippen LogP contribution in [-0.2, 0) is 26.7 Å². The topological polar surface area (TPSA) is 144 Å². The molecule has 1 aliphatic rings. The molecule has 2 amide bonds. The van der Waals surface area contributed by atoms with Crippen LogP contribution in [0.5, 0.6) is 5.75 Å². The number of aryl methyl sites for hydroxylation is 1. The summed E-state index contributed by atoms with van der Waals surface area (Å²) in [5.41, 5.74) is 5.57. The van der Waals surface area contributed by atoms with Gasteiger partial charge in [-0.3, -0.25) is 19.3 Å². The van der Waals surface area contributed by atoms with Gasteiger partial charge in [-0.1, -0.05) is 12.1 Å². The van der Waals surface area contributed by atoms with E-state index in [2.05, 4.69) is 9.62 Å². The number of primary amides is 1. The number of benzene rings is 1. The molecule has 1 aromatic heterocycles. The van der Waals surface area contributed by atoms with Crippen LogP contribution in [0.3, 0.4) is 0 Å². The molecular formula is C23H31N5O6S. The molecule has 3 N–H and O–H groups in total. The fourth-order valence-electron chi connectivity index (χ4n) is 4.04. The van der Waals surface area contributed by atoms with Crippen molar-refractivity contribution in [2.75, 3.05) is 33.3 Å². The normalized spacial score (nSPS) is 15.7. The number of pyridine rings is 1. The van der Waals surface area contributed by atoms with E-state index in [4.69, 9.17) is 10.5 Å². The molecule has 0 saturated carbocycles. The number of carbonyl (C=O) groups excluding carboxylic acids is 2. The van der Waals surface area contributed by atoms with E-state index >= 15 is 0 Å². The van der Waals surface area contributed by atoms with Gasteiger partial charge in [0.25, 0.3) is 11.5 Å². The van der Waals surface area contributed by atoms with E-state index in [1.807, 2.05) is 13.8 Å². The van der Waals surface area contributed by atoms with Gasteiger partial charge in [0.05, 0.1) is 12.7 Å². The molecule has 3 rings (SSSR count). The molecule has 2 heterocycles. The summed E-state index contributed by atoms with van der Waals surface area (Å²) in [6.07, 6.45) is 1.57. The molecule has 2 aromatic rings. The maximum Gasteiger partial charge on any atom is 0.258 e. The number of methoxy groups -OCH3 is 1. The minimum absolute atomic E-state index is 0.0930. The number of amides is 2. The lowest BCUT2D eigenvalue weighted by Crippen LogP contribution is -2.59. The fraction of sp³-hybridized carbons (Fsp3) is 0.435. The van der Waals surface area contributed by atoms with E-state index in [0.29, 0.717) is 32.2 Å². The van der Waals surface area contributed by atoms with Gasteiger partial charge in [0.2, 0.25) is 15.9 Å². The van der Waals surface area contributed by atoms with Gasteiger partial charge < -0.3 is 19.9 Å². The zero-order valence-electron chi connectivity index (χ0n) is 20.2. The smallest absolute Gasteiger partial charge is 0.258 e. The molecule has 0 bridgehead atoms. The van der Waals surface area contributed by atoms with E-state index < -0.39 is 27.9 Å². The number of nitrogens with zero attached hydrogens (tertiary/aromatic N) is 3. The SMILES string of the molecule is COc1c(-c2cccn(C)c2=O)cccc1S(=O)(=O)N[C@@H](C(N)=O)C(=O)N1CCN(C(C)C)CC1. The van der Waals surface area contributed by atoms with Gasteiger partial charge in [-0.25, -0.2) is 8.42 Å². The molecule has 35 heavy (non-hydrogen) atoms. The first-order valence-electron chi connectivity index (χ1n) is 11.2. The Labute approximate surface area is 204 Å². The predicted molar refractivity (Wildman–Crippen MR) is 130 cm³/mol. The molecule has 12 heteroatoms. The Morgan fingerprint density at radius 1 is 1.06 bits per heavy atom. The van der Waals surface area contributed by atoms with Gasteiger partial charge in [-0.05, 0) is 32.0 Å². The van der Waals surface area contributed by atoms with Gasteiger partial charge in [-0.15, -0.1) is 0 Å². The molecule has 1 fully saturated rings. The van der Waals surface area contributed by atoms with Crippen molar-refractivity contribution in [3.05, 3.63) is 46.9 Å². The Morgan fingerprint density at radius 3 is 2.26 bits per heavy atom. The number of para-hydroxylation sites is 1. The molecule has 0 radical (unpaired) electrons. The summed E-state index contributed by atoms with van der Waals surface area (Å²) in [6.45, 7) is 5.99. The third-order valence-corrected chi connectivity index (χ3v) is 7.49. The lowest BCUT2D eigenvalue weighted by molar-refractivity contribution is -0.139. The van der Waals surface area contributed by atoms with Crippen molar-refractivity contribution in [2.45, 2.75) is 30.8 Å². The summed E-state index contributed by atoms with van der Waals surface area (Å²) >= 11 is 0. The average molecular weight is 506 g/mol. The van der Waals surface area contributed by atoms with E-state index in [9.17, 15) is 22.8 Å². The first kappa shape index (κ1) is 26.4. The van der Waals surface area contributed by atoms with Crippen molar-refractivity contribution in [1.82, 2.24) is 19.1 Å². The lowest BCUT2D eigenvalue weighted by Gasteiger charge is -2.37. The van der Waals surface area contributed by atoms with E-state index in [1.54, 1.807) is 31.4 Å². The summed E-state index contributed by atoms with van der Waals surface area (Å²) in [6, 6.07) is 5.99. The van der Waals surface area contributed by atoms with Gasteiger partial charge in [0.1, 0.15) is 10.6 Å². The van der Waals surface area contributed by atoms with Gasteiger partial charge >= 0.3 is 0 Å². The minimum Gasteiger partial charge on any atom is -0.495 e. The van der Waals surface area contributed by atoms with Crippen LogP contribution in [0.2, 0.25) is 0 Å². The fourth-order valence-corrected chi connectivity index (χ4v) is 5.39. The van der Waals surface area contributed by atoms with E-state index in [0.717, 1.165) is 0 Å². The number of rotatable bonds is 8. The maximum absolute atomic E-state index is 13.3. The van der Waals surface area contributed by atoms with Crippen molar-refractivity contribution < 1.29 is 22.7 Å². The summed E-state index contributed by atoms with van der Waals surface area (Å²) in [5, 5.41) is 0. The number of piperazine rings is 1. The van der Waals surface area contributed by atoms with Crippen LogP contribution in [0, 0.1) is 0 Å². The van der Waals surface area contributed by atoms with Crippen LogP contribution in [-0.4, -0.2) is 80.0 Å². The molecule has 1 aliphatic heterocycles. The van der Waals surface area contributed by atoms with Crippen molar-refractivity contribution in [1.29, 1.82) is 0 Å². The highest BCUT2D eigenvalue weighted by atomic mass is 32.2. The van der Waals surface area contributed by atoms with Crippen LogP contribution in [0.1, 0.15) is 13.8 Å². The van der Waals surface area contributed by atoms with Crippen LogP contribution in [0.4, 0.5) is 0 Å². The number of ether oxygens (including phenoxy) is 1. The van der Waals surface area contributed by atoms with Gasteiger partial charge in [0, 0.05) is 51.0 Å². The zero-order valence-corrected chi connectivity index (χ0v) is 21.0. The second-order valence-corrected chi connectivity index (χ2v) is 10.3. The maximum atomic E-state index is 13.3. The summed E-state index contributed by atoms with van der Waals surface area (Å²) < 4.78 is 35.5. The number of hydrogen-bond acceptors (Lipinski definition) is 7. The second-order valence-electron chi connectivity index (χ2n) is 8.59. The van der Waals surface area contributed by atoms with E-state index in [1.165, 1.54) is 28.7 Å². The number of aromatic nitrogens is 1. The quantitative estimate of drug-likeness (QED) is 0.471. The third-order valence-electron chi connectivity index (χ3n) is 6.05. The summed E-state index contributed by atoms with van der Waals surface area (Å²) in [4.78, 5) is 41.1. The van der Waals surface area contributed by atoms with Crippen molar-refractivity contribution >= 4 is 21.8 Å². The zero-order chi connectivity index (χ0) is 25.9. The third kappa shape index (κ3) is 5.55.